The van der Waals surface area contributed by atoms with Gasteiger partial charge >= 0.3 is 0 Å². The molecule has 2 aliphatic heterocycles. The van der Waals surface area contributed by atoms with E-state index in [0.717, 1.165) is 18.5 Å². The third-order valence-corrected chi connectivity index (χ3v) is 6.16. The molecule has 0 radical (unpaired) electrons. The lowest BCUT2D eigenvalue weighted by Gasteiger charge is -2.33. The number of sulfonamides is 1. The van der Waals surface area contributed by atoms with Crippen LogP contribution in [0.25, 0.3) is 0 Å². The van der Waals surface area contributed by atoms with Crippen LogP contribution in [0.5, 0.6) is 0 Å². The van der Waals surface area contributed by atoms with Crippen LogP contribution in [0.4, 0.5) is 11.4 Å². The van der Waals surface area contributed by atoms with Crippen LogP contribution in [-0.2, 0) is 14.8 Å². The van der Waals surface area contributed by atoms with Crippen LogP contribution >= 0.6 is 0 Å². The van der Waals surface area contributed by atoms with Gasteiger partial charge in [-0.1, -0.05) is 0 Å². The summed E-state index contributed by atoms with van der Waals surface area (Å²) < 4.78 is 26.7. The molecule has 2 aliphatic rings. The second-order valence-corrected chi connectivity index (χ2v) is 7.50. The predicted molar refractivity (Wildman–Crippen MR) is 83.0 cm³/mol. The smallest absolute Gasteiger partial charge is 0.246 e. The van der Waals surface area contributed by atoms with Gasteiger partial charge in [0, 0.05) is 21.6 Å². The molecule has 0 aromatic heterocycles. The van der Waals surface area contributed by atoms with Gasteiger partial charge in [-0.3, -0.25) is 4.79 Å². The average molecular weight is 311 g/mol. The summed E-state index contributed by atoms with van der Waals surface area (Å²) in [5.74, 6) is -0.0832. The second-order valence-electron chi connectivity index (χ2n) is 5.57. The fourth-order valence-electron chi connectivity index (χ4n) is 2.77. The highest BCUT2D eigenvalue weighted by Gasteiger charge is 2.31. The number of carbonyl (C=O) groups is 1. The molecule has 0 spiro atoms. The van der Waals surface area contributed by atoms with E-state index < -0.39 is 10.0 Å². The van der Waals surface area contributed by atoms with Gasteiger partial charge in [0.2, 0.25) is 15.9 Å². The standard InChI is InChI=1S/C14H19N3O3S.H2/c1-10-14(18)15-12-6-5-11(9-13(12)16(10)2)21(19,20)17-7-3-4-8-17;/h5-6,9-10H,3-4,7-8H2,1-2H3,(H,15,18);1H. The molecular formula is C14H21N3O3S. The molecule has 0 bridgehead atoms. The molecule has 1 aromatic rings. The Balaban J connectivity index is 0.00000176. The Labute approximate surface area is 126 Å². The maximum Gasteiger partial charge on any atom is 0.246 e. The molecule has 0 aliphatic carbocycles. The summed E-state index contributed by atoms with van der Waals surface area (Å²) in [6, 6.07) is 4.57. The predicted octanol–water partition coefficient (Wildman–Crippen LogP) is 1.49. The van der Waals surface area contributed by atoms with Crippen molar-refractivity contribution in [1.82, 2.24) is 4.31 Å². The first-order valence-corrected chi connectivity index (χ1v) is 8.53. The summed E-state index contributed by atoms with van der Waals surface area (Å²) >= 11 is 0. The summed E-state index contributed by atoms with van der Waals surface area (Å²) in [5.41, 5.74) is 1.39. The topological polar surface area (TPSA) is 69.7 Å². The first-order chi connectivity index (χ1) is 9.91. The Morgan fingerprint density at radius 1 is 1.29 bits per heavy atom. The number of hydrogen-bond donors (Lipinski definition) is 1. The number of carbonyl (C=O) groups excluding carboxylic acids is 1. The molecule has 1 saturated heterocycles. The van der Waals surface area contributed by atoms with Crippen molar-refractivity contribution in [1.29, 1.82) is 0 Å². The monoisotopic (exact) mass is 311 g/mol. The fourth-order valence-corrected chi connectivity index (χ4v) is 4.31. The minimum atomic E-state index is -3.43. The molecule has 2 heterocycles. The van der Waals surface area contributed by atoms with Crippen LogP contribution in [0, 0.1) is 0 Å². The fraction of sp³-hybridized carbons (Fsp3) is 0.500. The summed E-state index contributed by atoms with van der Waals surface area (Å²) in [7, 11) is -1.63. The van der Waals surface area contributed by atoms with Crippen LogP contribution in [-0.4, -0.2) is 44.8 Å². The molecule has 1 N–H and O–H groups in total. The van der Waals surface area contributed by atoms with E-state index in [0.29, 0.717) is 23.7 Å². The number of nitrogens with zero attached hydrogens (tertiary/aromatic N) is 2. The highest BCUT2D eigenvalue weighted by atomic mass is 32.2. The van der Waals surface area contributed by atoms with Crippen molar-refractivity contribution in [3.63, 3.8) is 0 Å². The van der Waals surface area contributed by atoms with Crippen molar-refractivity contribution in [3.8, 4) is 0 Å². The largest absolute Gasteiger partial charge is 0.361 e. The van der Waals surface area contributed by atoms with Gasteiger partial charge in [-0.25, -0.2) is 8.42 Å². The molecule has 7 heteroatoms. The van der Waals surface area contributed by atoms with E-state index in [9.17, 15) is 13.2 Å². The number of amides is 1. The summed E-state index contributed by atoms with van der Waals surface area (Å²) in [5, 5.41) is 2.80. The Morgan fingerprint density at radius 3 is 2.62 bits per heavy atom. The number of anilines is 2. The molecule has 3 rings (SSSR count). The van der Waals surface area contributed by atoms with Gasteiger partial charge in [0.1, 0.15) is 6.04 Å². The van der Waals surface area contributed by atoms with Crippen molar-refractivity contribution in [2.75, 3.05) is 30.4 Å². The SMILES string of the molecule is CC1C(=O)Nc2ccc(S(=O)(=O)N3CCCC3)cc2N1C.[HH]. The van der Waals surface area contributed by atoms with E-state index in [2.05, 4.69) is 5.32 Å². The van der Waals surface area contributed by atoms with Crippen molar-refractivity contribution in [2.24, 2.45) is 0 Å². The average Bonchev–Trinajstić information content (AvgIpc) is 2.99. The lowest BCUT2D eigenvalue weighted by atomic mass is 10.1. The van der Waals surface area contributed by atoms with E-state index in [1.165, 1.54) is 4.31 Å². The van der Waals surface area contributed by atoms with Gasteiger partial charge in [-0.05, 0) is 38.0 Å². The van der Waals surface area contributed by atoms with Crippen LogP contribution in [0.15, 0.2) is 23.1 Å². The highest BCUT2D eigenvalue weighted by Crippen LogP contribution is 2.34. The molecule has 116 valence electrons. The molecule has 6 nitrogen and oxygen atoms in total. The maximum atomic E-state index is 12.6. The molecule has 1 amide bonds. The zero-order valence-electron chi connectivity index (χ0n) is 12.2. The van der Waals surface area contributed by atoms with Gasteiger partial charge in [0.25, 0.3) is 0 Å². The zero-order chi connectivity index (χ0) is 15.2. The van der Waals surface area contributed by atoms with E-state index in [4.69, 9.17) is 0 Å². The van der Waals surface area contributed by atoms with Gasteiger partial charge in [-0.15, -0.1) is 0 Å². The Morgan fingerprint density at radius 2 is 1.95 bits per heavy atom. The van der Waals surface area contributed by atoms with Crippen molar-refractivity contribution in [2.45, 2.75) is 30.7 Å². The molecule has 1 unspecified atom stereocenters. The summed E-state index contributed by atoms with van der Waals surface area (Å²) in [6.45, 7) is 2.96. The molecule has 1 fully saturated rings. The first kappa shape index (κ1) is 14.3. The van der Waals surface area contributed by atoms with Crippen molar-refractivity contribution < 1.29 is 14.6 Å². The number of benzene rings is 1. The third kappa shape index (κ3) is 2.30. The number of nitrogens with one attached hydrogen (secondary N) is 1. The number of rotatable bonds is 2. The van der Waals surface area contributed by atoms with Crippen LogP contribution in [0.1, 0.15) is 21.2 Å². The van der Waals surface area contributed by atoms with Crippen LogP contribution in [0.3, 0.4) is 0 Å². The zero-order valence-corrected chi connectivity index (χ0v) is 13.0. The van der Waals surface area contributed by atoms with Gasteiger partial charge in [-0.2, -0.15) is 4.31 Å². The van der Waals surface area contributed by atoms with Gasteiger partial charge < -0.3 is 10.2 Å². The Bertz CT molecular complexity index is 687. The lowest BCUT2D eigenvalue weighted by molar-refractivity contribution is -0.117. The van der Waals surface area contributed by atoms with E-state index in [1.807, 2.05) is 0 Å². The molecular weight excluding hydrogens is 290 g/mol. The van der Waals surface area contributed by atoms with Crippen LogP contribution in [0.2, 0.25) is 0 Å². The lowest BCUT2D eigenvalue weighted by Crippen LogP contribution is -2.44. The normalized spacial score (nSPS) is 23.0. The first-order valence-electron chi connectivity index (χ1n) is 7.09. The molecule has 1 aromatic carbocycles. The Kier molecular flexibility index (Phi) is 3.41. The van der Waals surface area contributed by atoms with Gasteiger partial charge in [0.15, 0.2) is 0 Å². The summed E-state index contributed by atoms with van der Waals surface area (Å²) in [4.78, 5) is 13.9. The maximum absolute atomic E-state index is 12.6. The summed E-state index contributed by atoms with van der Waals surface area (Å²) in [6.07, 6.45) is 1.83. The van der Waals surface area contributed by atoms with Gasteiger partial charge in [0.05, 0.1) is 16.3 Å². The van der Waals surface area contributed by atoms with E-state index >= 15 is 0 Å². The molecule has 21 heavy (non-hydrogen) atoms. The number of fused-ring (bicyclic) bond motifs is 1. The highest BCUT2D eigenvalue weighted by molar-refractivity contribution is 7.89. The Hall–Kier alpha value is -1.60. The number of hydrogen-bond acceptors (Lipinski definition) is 4. The molecule has 0 saturated carbocycles. The van der Waals surface area contributed by atoms with Crippen molar-refractivity contribution >= 4 is 27.3 Å². The van der Waals surface area contributed by atoms with E-state index in [-0.39, 0.29) is 13.4 Å². The quantitative estimate of drug-likeness (QED) is 0.898. The third-order valence-electron chi connectivity index (χ3n) is 4.27. The van der Waals surface area contributed by atoms with Crippen LogP contribution < -0.4 is 10.2 Å². The van der Waals surface area contributed by atoms with E-state index in [1.54, 1.807) is 37.1 Å². The minimum absolute atomic E-state index is 0. The number of likely N-dealkylation sites (N-methyl/N-ethyl adjacent to an activating group) is 1. The minimum Gasteiger partial charge on any atom is -0.361 e. The van der Waals surface area contributed by atoms with Crippen molar-refractivity contribution in [3.05, 3.63) is 18.2 Å². The molecule has 1 atom stereocenters. The second kappa shape index (κ2) is 4.99.